The Balaban J connectivity index is 3.28. The summed E-state index contributed by atoms with van der Waals surface area (Å²) in [4.78, 5) is 0. The van der Waals surface area contributed by atoms with E-state index in [1.807, 2.05) is 0 Å². The van der Waals surface area contributed by atoms with E-state index in [4.69, 9.17) is 11.6 Å². The molecule has 0 heterocycles. The number of rotatable bonds is 1. The smallest absolute Gasteiger partial charge is 0.133 e. The van der Waals surface area contributed by atoms with E-state index in [2.05, 4.69) is 0 Å². The van der Waals surface area contributed by atoms with Gasteiger partial charge in [0.25, 0.3) is 0 Å². The molecule has 1 atom stereocenters. The van der Waals surface area contributed by atoms with Gasteiger partial charge in [-0.25, -0.2) is 13.2 Å². The van der Waals surface area contributed by atoms with Crippen molar-refractivity contribution in [1.29, 1.82) is 0 Å². The van der Waals surface area contributed by atoms with E-state index >= 15 is 0 Å². The largest absolute Gasteiger partial charge is 0.207 e. The minimum Gasteiger partial charge on any atom is -0.207 e. The van der Waals surface area contributed by atoms with Crippen molar-refractivity contribution in [3.8, 4) is 0 Å². The van der Waals surface area contributed by atoms with E-state index < -0.39 is 22.8 Å². The Hall–Kier alpha value is -0.700. The summed E-state index contributed by atoms with van der Waals surface area (Å²) in [5.74, 6) is -2.84. The zero-order chi connectivity index (χ0) is 9.30. The van der Waals surface area contributed by atoms with Crippen molar-refractivity contribution in [3.05, 3.63) is 35.1 Å². The summed E-state index contributed by atoms with van der Waals surface area (Å²) in [6.07, 6.45) is 0. The topological polar surface area (TPSA) is 0 Å². The molecule has 0 aliphatic rings. The Labute approximate surface area is 73.0 Å². The molecule has 0 amide bonds. The molecule has 0 saturated carbocycles. The first-order valence-electron chi connectivity index (χ1n) is 3.31. The van der Waals surface area contributed by atoms with Gasteiger partial charge in [0, 0.05) is 17.7 Å². The number of halogens is 4. The standard InChI is InChI=1S/C8H6ClF3/c1-4(9)8-6(11)2-5(10)3-7(8)12/h2-4H,1H3. The Morgan fingerprint density at radius 2 is 1.58 bits per heavy atom. The summed E-state index contributed by atoms with van der Waals surface area (Å²) in [5, 5.41) is -0.800. The van der Waals surface area contributed by atoms with E-state index in [1.165, 1.54) is 6.92 Å². The lowest BCUT2D eigenvalue weighted by molar-refractivity contribution is 0.524. The van der Waals surface area contributed by atoms with Crippen molar-refractivity contribution in [3.63, 3.8) is 0 Å². The van der Waals surface area contributed by atoms with Gasteiger partial charge >= 0.3 is 0 Å². The van der Waals surface area contributed by atoms with Crippen LogP contribution >= 0.6 is 11.6 Å². The minimum absolute atomic E-state index is 0.293. The predicted octanol–water partition coefficient (Wildman–Crippen LogP) is 3.40. The quantitative estimate of drug-likeness (QED) is 0.601. The van der Waals surface area contributed by atoms with Crippen LogP contribution in [0.3, 0.4) is 0 Å². The third-order valence-electron chi connectivity index (χ3n) is 1.44. The van der Waals surface area contributed by atoms with Crippen LogP contribution < -0.4 is 0 Å². The number of benzene rings is 1. The van der Waals surface area contributed by atoms with E-state index in [-0.39, 0.29) is 5.56 Å². The van der Waals surface area contributed by atoms with E-state index in [1.54, 1.807) is 0 Å². The zero-order valence-electron chi connectivity index (χ0n) is 6.24. The van der Waals surface area contributed by atoms with Crippen LogP contribution in [-0.2, 0) is 0 Å². The SMILES string of the molecule is CC(Cl)c1c(F)cc(F)cc1F. The maximum Gasteiger partial charge on any atom is 0.133 e. The molecule has 0 aromatic heterocycles. The van der Waals surface area contributed by atoms with Crippen molar-refractivity contribution in [2.75, 3.05) is 0 Å². The van der Waals surface area contributed by atoms with Gasteiger partial charge in [-0.15, -0.1) is 11.6 Å². The first-order chi connectivity index (χ1) is 5.52. The molecule has 1 aromatic carbocycles. The van der Waals surface area contributed by atoms with Crippen LogP contribution in [0.5, 0.6) is 0 Å². The second-order valence-corrected chi connectivity index (χ2v) is 3.05. The summed E-state index contributed by atoms with van der Waals surface area (Å²) in [6.45, 7) is 1.42. The minimum atomic E-state index is -0.949. The Kier molecular flexibility index (Phi) is 2.62. The third kappa shape index (κ3) is 1.72. The highest BCUT2D eigenvalue weighted by Crippen LogP contribution is 2.25. The molecule has 0 aliphatic heterocycles. The Morgan fingerprint density at radius 1 is 1.17 bits per heavy atom. The fourth-order valence-electron chi connectivity index (χ4n) is 0.933. The molecule has 4 heteroatoms. The maximum absolute atomic E-state index is 12.8. The van der Waals surface area contributed by atoms with Gasteiger partial charge < -0.3 is 0 Å². The molecule has 0 radical (unpaired) electrons. The number of hydrogen-bond acceptors (Lipinski definition) is 0. The summed E-state index contributed by atoms with van der Waals surface area (Å²) < 4.78 is 37.9. The van der Waals surface area contributed by atoms with Gasteiger partial charge in [0.1, 0.15) is 17.5 Å². The van der Waals surface area contributed by atoms with Crippen LogP contribution in [-0.4, -0.2) is 0 Å². The lowest BCUT2D eigenvalue weighted by Gasteiger charge is -2.05. The molecule has 0 saturated heterocycles. The normalized spacial score (nSPS) is 13.1. The molecule has 0 N–H and O–H groups in total. The second-order valence-electron chi connectivity index (χ2n) is 2.40. The Morgan fingerprint density at radius 3 is 1.92 bits per heavy atom. The van der Waals surface area contributed by atoms with Gasteiger partial charge in [-0.05, 0) is 6.92 Å². The first kappa shape index (κ1) is 9.39. The highest BCUT2D eigenvalue weighted by Gasteiger charge is 2.15. The van der Waals surface area contributed by atoms with Crippen molar-refractivity contribution < 1.29 is 13.2 Å². The van der Waals surface area contributed by atoms with Crippen LogP contribution in [0.2, 0.25) is 0 Å². The fourth-order valence-corrected chi connectivity index (χ4v) is 1.14. The van der Waals surface area contributed by atoms with Crippen LogP contribution in [0.4, 0.5) is 13.2 Å². The first-order valence-corrected chi connectivity index (χ1v) is 3.74. The van der Waals surface area contributed by atoms with Gasteiger partial charge in [-0.1, -0.05) is 0 Å². The van der Waals surface area contributed by atoms with Gasteiger partial charge in [-0.3, -0.25) is 0 Å². The monoisotopic (exact) mass is 194 g/mol. The average Bonchev–Trinajstić information content (AvgIpc) is 1.82. The molecule has 0 nitrogen and oxygen atoms in total. The molecule has 0 aliphatic carbocycles. The summed E-state index contributed by atoms with van der Waals surface area (Å²) in [6, 6.07) is 1.22. The van der Waals surface area contributed by atoms with Crippen molar-refractivity contribution in [2.45, 2.75) is 12.3 Å². The molecule has 1 rings (SSSR count). The number of hydrogen-bond donors (Lipinski definition) is 0. The molecule has 12 heavy (non-hydrogen) atoms. The van der Waals surface area contributed by atoms with Gasteiger partial charge in [0.05, 0.1) is 5.38 Å². The van der Waals surface area contributed by atoms with E-state index in [0.717, 1.165) is 0 Å². The van der Waals surface area contributed by atoms with Gasteiger partial charge in [0.15, 0.2) is 0 Å². The molecule has 1 unspecified atom stereocenters. The molecule has 0 fully saturated rings. The Bertz CT molecular complexity index is 273. The third-order valence-corrected chi connectivity index (χ3v) is 1.66. The van der Waals surface area contributed by atoms with Crippen molar-refractivity contribution in [2.24, 2.45) is 0 Å². The molecule has 0 bridgehead atoms. The summed E-state index contributed by atoms with van der Waals surface area (Å²) in [5.41, 5.74) is -0.293. The lowest BCUT2D eigenvalue weighted by atomic mass is 10.1. The van der Waals surface area contributed by atoms with Crippen molar-refractivity contribution in [1.82, 2.24) is 0 Å². The predicted molar refractivity (Wildman–Crippen MR) is 40.6 cm³/mol. The fraction of sp³-hybridized carbons (Fsp3) is 0.250. The second kappa shape index (κ2) is 3.35. The molecular formula is C8H6ClF3. The van der Waals surface area contributed by atoms with Crippen molar-refractivity contribution >= 4 is 11.6 Å². The highest BCUT2D eigenvalue weighted by atomic mass is 35.5. The zero-order valence-corrected chi connectivity index (χ0v) is 7.00. The summed E-state index contributed by atoms with van der Waals surface area (Å²) >= 11 is 5.46. The highest BCUT2D eigenvalue weighted by molar-refractivity contribution is 6.20. The average molecular weight is 195 g/mol. The maximum atomic E-state index is 12.8. The lowest BCUT2D eigenvalue weighted by Crippen LogP contribution is -1.97. The molecule has 0 spiro atoms. The van der Waals surface area contributed by atoms with Crippen LogP contribution in [0.25, 0.3) is 0 Å². The number of alkyl halides is 1. The van der Waals surface area contributed by atoms with E-state index in [0.29, 0.717) is 12.1 Å². The molecule has 66 valence electrons. The van der Waals surface area contributed by atoms with Crippen LogP contribution in [0, 0.1) is 17.5 Å². The molecule has 1 aromatic rings. The van der Waals surface area contributed by atoms with E-state index in [9.17, 15) is 13.2 Å². The van der Waals surface area contributed by atoms with Crippen LogP contribution in [0.15, 0.2) is 12.1 Å². The van der Waals surface area contributed by atoms with Gasteiger partial charge in [-0.2, -0.15) is 0 Å². The molecular weight excluding hydrogens is 189 g/mol. The van der Waals surface area contributed by atoms with Gasteiger partial charge in [0.2, 0.25) is 0 Å². The summed E-state index contributed by atoms with van der Waals surface area (Å²) in [7, 11) is 0. The van der Waals surface area contributed by atoms with Crippen LogP contribution in [0.1, 0.15) is 17.9 Å².